The van der Waals surface area contributed by atoms with Gasteiger partial charge in [-0.3, -0.25) is 19.5 Å². The summed E-state index contributed by atoms with van der Waals surface area (Å²) in [5.74, 6) is -0.158. The SMILES string of the molecule is O=C(c1cccc(F)c1)N1CCC[C@@H]1c1nc2c(c(=O)[nH]1)CN(Cc1cccnc1)CC2. The molecule has 4 heterocycles. The fourth-order valence-electron chi connectivity index (χ4n) is 4.62. The van der Waals surface area contributed by atoms with E-state index in [1.54, 1.807) is 17.2 Å². The van der Waals surface area contributed by atoms with E-state index in [4.69, 9.17) is 4.98 Å². The van der Waals surface area contributed by atoms with Gasteiger partial charge in [-0.15, -0.1) is 0 Å². The molecule has 2 aliphatic heterocycles. The summed E-state index contributed by atoms with van der Waals surface area (Å²) in [7, 11) is 0. The van der Waals surface area contributed by atoms with Crippen molar-refractivity contribution in [1.29, 1.82) is 0 Å². The van der Waals surface area contributed by atoms with Gasteiger partial charge < -0.3 is 9.88 Å². The van der Waals surface area contributed by atoms with E-state index < -0.39 is 5.82 Å². The van der Waals surface area contributed by atoms with Crippen molar-refractivity contribution in [1.82, 2.24) is 24.8 Å². The minimum Gasteiger partial charge on any atom is -0.328 e. The topological polar surface area (TPSA) is 82.2 Å². The Labute approximate surface area is 184 Å². The van der Waals surface area contributed by atoms with Gasteiger partial charge >= 0.3 is 0 Å². The highest BCUT2D eigenvalue weighted by Crippen LogP contribution is 2.31. The number of rotatable bonds is 4. The zero-order valence-electron chi connectivity index (χ0n) is 17.6. The molecular formula is C24H24FN5O2. The minimum absolute atomic E-state index is 0.147. The highest BCUT2D eigenvalue weighted by atomic mass is 19.1. The van der Waals surface area contributed by atoms with Crippen LogP contribution in [-0.4, -0.2) is 43.7 Å². The van der Waals surface area contributed by atoms with Crippen LogP contribution < -0.4 is 5.56 Å². The van der Waals surface area contributed by atoms with E-state index in [0.717, 1.165) is 37.2 Å². The van der Waals surface area contributed by atoms with Crippen LogP contribution in [0.2, 0.25) is 0 Å². The van der Waals surface area contributed by atoms with Gasteiger partial charge in [0, 0.05) is 50.6 Å². The summed E-state index contributed by atoms with van der Waals surface area (Å²) in [5, 5.41) is 0. The standard InChI is InChI=1S/C24H24FN5O2/c25-18-6-1-5-17(12-18)24(32)30-10-3-7-21(30)22-27-20-8-11-29(15-19(20)23(31)28-22)14-16-4-2-9-26-13-16/h1-2,4-6,9,12-13,21H,3,7-8,10-11,14-15H2,(H,27,28,31)/t21-/m1/s1. The zero-order valence-corrected chi connectivity index (χ0v) is 17.6. The largest absolute Gasteiger partial charge is 0.328 e. The minimum atomic E-state index is -0.442. The molecule has 8 heteroatoms. The third-order valence-corrected chi connectivity index (χ3v) is 6.20. The fourth-order valence-corrected chi connectivity index (χ4v) is 4.62. The van der Waals surface area contributed by atoms with Gasteiger partial charge in [0.05, 0.1) is 17.3 Å². The summed E-state index contributed by atoms with van der Waals surface area (Å²) in [6, 6.07) is 9.34. The van der Waals surface area contributed by atoms with Crippen LogP contribution in [0.4, 0.5) is 4.39 Å². The number of likely N-dealkylation sites (tertiary alicyclic amines) is 1. The molecule has 3 aromatic rings. The number of amides is 1. The molecule has 0 spiro atoms. The second-order valence-corrected chi connectivity index (χ2v) is 8.37. The normalized spacial score (nSPS) is 18.5. The fraction of sp³-hybridized carbons (Fsp3) is 0.333. The maximum Gasteiger partial charge on any atom is 0.255 e. The van der Waals surface area contributed by atoms with Crippen LogP contribution in [0, 0.1) is 5.82 Å². The zero-order chi connectivity index (χ0) is 22.1. The Bertz CT molecular complexity index is 1200. The first-order valence-corrected chi connectivity index (χ1v) is 10.9. The summed E-state index contributed by atoms with van der Waals surface area (Å²) in [6.07, 6.45) is 5.79. The summed E-state index contributed by atoms with van der Waals surface area (Å²) >= 11 is 0. The number of halogens is 1. The van der Waals surface area contributed by atoms with Crippen LogP contribution in [0.5, 0.6) is 0 Å². The monoisotopic (exact) mass is 433 g/mol. The van der Waals surface area contributed by atoms with Crippen LogP contribution >= 0.6 is 0 Å². The second kappa shape index (κ2) is 8.63. The molecule has 1 saturated heterocycles. The van der Waals surface area contributed by atoms with Crippen molar-refractivity contribution >= 4 is 5.91 Å². The lowest BCUT2D eigenvalue weighted by molar-refractivity contribution is 0.0728. The molecule has 0 radical (unpaired) electrons. The van der Waals surface area contributed by atoms with E-state index in [-0.39, 0.29) is 17.5 Å². The molecule has 32 heavy (non-hydrogen) atoms. The molecule has 2 aliphatic rings. The molecule has 0 bridgehead atoms. The lowest BCUT2D eigenvalue weighted by Crippen LogP contribution is -2.37. The number of nitrogens with one attached hydrogen (secondary N) is 1. The van der Waals surface area contributed by atoms with Crippen molar-refractivity contribution < 1.29 is 9.18 Å². The number of hydrogen-bond donors (Lipinski definition) is 1. The maximum absolute atomic E-state index is 13.6. The summed E-state index contributed by atoms with van der Waals surface area (Å²) in [5.41, 5.74) is 2.75. The van der Waals surface area contributed by atoms with E-state index in [2.05, 4.69) is 14.9 Å². The molecule has 7 nitrogen and oxygen atoms in total. The van der Waals surface area contributed by atoms with Crippen LogP contribution in [0.15, 0.2) is 53.6 Å². The van der Waals surface area contributed by atoms with Gasteiger partial charge in [0.15, 0.2) is 0 Å². The average molecular weight is 433 g/mol. The molecule has 2 aromatic heterocycles. The smallest absolute Gasteiger partial charge is 0.255 e. The highest BCUT2D eigenvalue weighted by molar-refractivity contribution is 5.94. The molecular weight excluding hydrogens is 409 g/mol. The Kier molecular flexibility index (Phi) is 5.53. The van der Waals surface area contributed by atoms with Crippen LogP contribution in [0.1, 0.15) is 51.9 Å². The molecule has 0 saturated carbocycles. The average Bonchev–Trinajstić information content (AvgIpc) is 3.29. The molecule has 164 valence electrons. The van der Waals surface area contributed by atoms with Gasteiger partial charge in [-0.25, -0.2) is 9.37 Å². The number of carbonyl (C=O) groups excluding carboxylic acids is 1. The lowest BCUT2D eigenvalue weighted by atomic mass is 10.1. The number of hydrogen-bond acceptors (Lipinski definition) is 5. The number of benzene rings is 1. The molecule has 0 aliphatic carbocycles. The number of carbonyl (C=O) groups is 1. The van der Waals surface area contributed by atoms with Crippen molar-refractivity contribution in [2.45, 2.75) is 38.4 Å². The van der Waals surface area contributed by atoms with E-state index in [9.17, 15) is 14.0 Å². The van der Waals surface area contributed by atoms with Gasteiger partial charge in [-0.2, -0.15) is 0 Å². The number of H-pyrrole nitrogens is 1. The molecule has 1 atom stereocenters. The number of fused-ring (bicyclic) bond motifs is 1. The van der Waals surface area contributed by atoms with Gasteiger partial charge in [-0.05, 0) is 42.7 Å². The van der Waals surface area contributed by atoms with Crippen LogP contribution in [0.25, 0.3) is 0 Å². The van der Waals surface area contributed by atoms with Crippen molar-refractivity contribution in [3.63, 3.8) is 0 Å². The van der Waals surface area contributed by atoms with Gasteiger partial charge in [0.1, 0.15) is 11.6 Å². The van der Waals surface area contributed by atoms with Gasteiger partial charge in [0.25, 0.3) is 11.5 Å². The molecule has 1 aromatic carbocycles. The molecule has 5 rings (SSSR count). The maximum atomic E-state index is 13.6. The van der Waals surface area contributed by atoms with Crippen molar-refractivity contribution in [2.24, 2.45) is 0 Å². The quantitative estimate of drug-likeness (QED) is 0.684. The lowest BCUT2D eigenvalue weighted by Gasteiger charge is -2.29. The first kappa shape index (κ1) is 20.5. The number of nitrogens with zero attached hydrogens (tertiary/aromatic N) is 4. The Morgan fingerprint density at radius 3 is 2.94 bits per heavy atom. The summed E-state index contributed by atoms with van der Waals surface area (Å²) in [4.78, 5) is 41.7. The van der Waals surface area contributed by atoms with E-state index >= 15 is 0 Å². The predicted molar refractivity (Wildman–Crippen MR) is 116 cm³/mol. The Morgan fingerprint density at radius 2 is 2.12 bits per heavy atom. The van der Waals surface area contributed by atoms with Crippen LogP contribution in [-0.2, 0) is 19.5 Å². The van der Waals surface area contributed by atoms with Crippen molar-refractivity contribution in [3.8, 4) is 0 Å². The van der Waals surface area contributed by atoms with E-state index in [1.807, 2.05) is 18.3 Å². The molecule has 0 unspecified atom stereocenters. The van der Waals surface area contributed by atoms with Crippen molar-refractivity contribution in [2.75, 3.05) is 13.1 Å². The second-order valence-electron chi connectivity index (χ2n) is 8.37. The Balaban J connectivity index is 1.37. The molecule has 1 amide bonds. The van der Waals surface area contributed by atoms with E-state index in [0.29, 0.717) is 36.5 Å². The van der Waals surface area contributed by atoms with E-state index in [1.165, 1.54) is 18.2 Å². The molecule has 1 N–H and O–H groups in total. The van der Waals surface area contributed by atoms with Gasteiger partial charge in [0.2, 0.25) is 0 Å². The summed E-state index contributed by atoms with van der Waals surface area (Å²) in [6.45, 7) is 2.62. The number of aromatic nitrogens is 3. The summed E-state index contributed by atoms with van der Waals surface area (Å²) < 4.78 is 13.6. The first-order chi connectivity index (χ1) is 15.6. The predicted octanol–water partition coefficient (Wildman–Crippen LogP) is 2.84. The Morgan fingerprint density at radius 1 is 1.22 bits per heavy atom. The number of aromatic amines is 1. The van der Waals surface area contributed by atoms with Crippen molar-refractivity contribution in [3.05, 3.63) is 93.2 Å². The first-order valence-electron chi connectivity index (χ1n) is 10.9. The van der Waals surface area contributed by atoms with Crippen LogP contribution in [0.3, 0.4) is 0 Å². The Hall–Kier alpha value is -3.39. The highest BCUT2D eigenvalue weighted by Gasteiger charge is 2.33. The number of pyridine rings is 1. The third kappa shape index (κ3) is 4.05. The molecule has 1 fully saturated rings. The van der Waals surface area contributed by atoms with Gasteiger partial charge in [-0.1, -0.05) is 12.1 Å². The third-order valence-electron chi connectivity index (χ3n) is 6.20.